The molecule has 0 saturated carbocycles. The first-order valence-corrected chi connectivity index (χ1v) is 7.07. The first-order valence-electron chi connectivity index (χ1n) is 7.07. The van der Waals surface area contributed by atoms with E-state index in [1.165, 1.54) is 51.4 Å². The molecule has 0 aliphatic heterocycles. The Kier molecular flexibility index (Phi) is 12.1. The number of unbranched alkanes of at least 4 members (excludes halogenated alkanes) is 5. The molecule has 0 nitrogen and oxygen atoms in total. The van der Waals surface area contributed by atoms with E-state index < -0.39 is 0 Å². The van der Waals surface area contributed by atoms with Gasteiger partial charge in [-0.2, -0.15) is 0 Å². The van der Waals surface area contributed by atoms with Gasteiger partial charge in [0, 0.05) is 0 Å². The summed E-state index contributed by atoms with van der Waals surface area (Å²) in [6.45, 7) is 6.79. The van der Waals surface area contributed by atoms with Crippen molar-refractivity contribution in [1.82, 2.24) is 0 Å². The van der Waals surface area contributed by atoms with Gasteiger partial charge in [0.1, 0.15) is 0 Å². The minimum atomic E-state index is 0.801. The Morgan fingerprint density at radius 3 is 1.88 bits per heavy atom. The Balaban J connectivity index is 3.17. The predicted molar refractivity (Wildman–Crippen MR) is 75.7 cm³/mol. The molecule has 16 heavy (non-hydrogen) atoms. The third kappa shape index (κ3) is 13.5. The zero-order valence-corrected chi connectivity index (χ0v) is 11.5. The van der Waals surface area contributed by atoms with Crippen LogP contribution in [-0.4, -0.2) is 0 Å². The Hall–Kier alpha value is -0.520. The van der Waals surface area contributed by atoms with E-state index in [4.69, 9.17) is 0 Å². The quantitative estimate of drug-likeness (QED) is 0.319. The van der Waals surface area contributed by atoms with Crippen LogP contribution in [0.25, 0.3) is 0 Å². The lowest BCUT2D eigenvalue weighted by atomic mass is 10.1. The summed E-state index contributed by atoms with van der Waals surface area (Å²) in [4.78, 5) is 0. The summed E-state index contributed by atoms with van der Waals surface area (Å²) >= 11 is 0. The van der Waals surface area contributed by atoms with E-state index in [1.54, 1.807) is 0 Å². The van der Waals surface area contributed by atoms with Crippen LogP contribution < -0.4 is 0 Å². The smallest absolute Gasteiger partial charge is 0.0327 e. The number of rotatable bonds is 10. The molecule has 0 saturated heterocycles. The van der Waals surface area contributed by atoms with E-state index in [9.17, 15) is 0 Å². The molecule has 0 heterocycles. The molecule has 0 aliphatic rings. The van der Waals surface area contributed by atoms with E-state index in [0.717, 1.165) is 5.92 Å². The topological polar surface area (TPSA) is 0 Å². The van der Waals surface area contributed by atoms with Crippen molar-refractivity contribution < 1.29 is 0 Å². The highest BCUT2D eigenvalue weighted by atomic mass is 13.9. The van der Waals surface area contributed by atoms with Crippen LogP contribution in [0.3, 0.4) is 0 Å². The van der Waals surface area contributed by atoms with Gasteiger partial charge in [0.2, 0.25) is 0 Å². The fraction of sp³-hybridized carbons (Fsp3) is 0.750. The van der Waals surface area contributed by atoms with Gasteiger partial charge in [-0.3, -0.25) is 0 Å². The van der Waals surface area contributed by atoms with E-state index in [0.29, 0.717) is 0 Å². The van der Waals surface area contributed by atoms with Crippen LogP contribution in [0, 0.1) is 5.92 Å². The predicted octanol–water partition coefficient (Wildman–Crippen LogP) is 5.90. The van der Waals surface area contributed by atoms with Crippen LogP contribution in [-0.2, 0) is 0 Å². The van der Waals surface area contributed by atoms with Crippen LogP contribution in [0.4, 0.5) is 0 Å². The Labute approximate surface area is 103 Å². The second-order valence-electron chi connectivity index (χ2n) is 5.00. The molecular formula is C16H30. The van der Waals surface area contributed by atoms with Gasteiger partial charge in [-0.15, -0.1) is 0 Å². The summed E-state index contributed by atoms with van der Waals surface area (Å²) in [6.07, 6.45) is 19.7. The minimum Gasteiger partial charge on any atom is -0.0885 e. The number of hydrogen-bond acceptors (Lipinski definition) is 0. The second-order valence-corrected chi connectivity index (χ2v) is 5.00. The zero-order chi connectivity index (χ0) is 12.1. The molecule has 0 atom stereocenters. The summed E-state index contributed by atoms with van der Waals surface area (Å²) in [5.74, 6) is 0.801. The van der Waals surface area contributed by atoms with Gasteiger partial charge in [-0.25, -0.2) is 0 Å². The van der Waals surface area contributed by atoms with E-state index >= 15 is 0 Å². The molecule has 94 valence electrons. The molecule has 0 amide bonds. The van der Waals surface area contributed by atoms with E-state index in [1.807, 2.05) is 0 Å². The van der Waals surface area contributed by atoms with Crippen molar-refractivity contribution in [2.75, 3.05) is 0 Å². The van der Waals surface area contributed by atoms with Gasteiger partial charge in [0.15, 0.2) is 0 Å². The molecule has 0 aromatic rings. The number of hydrogen-bond donors (Lipinski definition) is 0. The molecule has 0 fully saturated rings. The Morgan fingerprint density at radius 1 is 0.750 bits per heavy atom. The molecule has 0 heteroatoms. The van der Waals surface area contributed by atoms with E-state index in [-0.39, 0.29) is 0 Å². The van der Waals surface area contributed by atoms with Crippen LogP contribution in [0.5, 0.6) is 0 Å². The monoisotopic (exact) mass is 222 g/mol. The molecule has 0 aliphatic carbocycles. The maximum Gasteiger partial charge on any atom is -0.0327 e. The summed E-state index contributed by atoms with van der Waals surface area (Å²) in [6, 6.07) is 0. The highest BCUT2D eigenvalue weighted by molar-refractivity contribution is 4.85. The van der Waals surface area contributed by atoms with Gasteiger partial charge in [0.25, 0.3) is 0 Å². The minimum absolute atomic E-state index is 0.801. The zero-order valence-electron chi connectivity index (χ0n) is 11.5. The average molecular weight is 222 g/mol. The van der Waals surface area contributed by atoms with Crippen molar-refractivity contribution in [3.63, 3.8) is 0 Å². The van der Waals surface area contributed by atoms with Crippen LogP contribution in [0.2, 0.25) is 0 Å². The first kappa shape index (κ1) is 15.5. The molecule has 0 unspecified atom stereocenters. The van der Waals surface area contributed by atoms with Crippen molar-refractivity contribution >= 4 is 0 Å². The van der Waals surface area contributed by atoms with Crippen molar-refractivity contribution in [2.45, 2.75) is 72.1 Å². The van der Waals surface area contributed by atoms with Crippen molar-refractivity contribution in [1.29, 1.82) is 0 Å². The van der Waals surface area contributed by atoms with Gasteiger partial charge in [-0.1, -0.05) is 57.9 Å². The molecular weight excluding hydrogens is 192 g/mol. The lowest BCUT2D eigenvalue weighted by Crippen LogP contribution is -1.81. The van der Waals surface area contributed by atoms with Gasteiger partial charge in [-0.05, 0) is 44.4 Å². The first-order chi connectivity index (χ1) is 7.77. The van der Waals surface area contributed by atoms with Crippen molar-refractivity contribution in [3.8, 4) is 0 Å². The SMILES string of the molecule is CCCCC/C=C/CCC/C=C/CC(C)C. The Bertz CT molecular complexity index is 174. The fourth-order valence-electron chi connectivity index (χ4n) is 1.59. The largest absolute Gasteiger partial charge is 0.0885 e. The second kappa shape index (κ2) is 12.5. The molecule has 0 spiro atoms. The third-order valence-electron chi connectivity index (χ3n) is 2.66. The lowest BCUT2D eigenvalue weighted by Gasteiger charge is -1.96. The van der Waals surface area contributed by atoms with Crippen LogP contribution in [0.1, 0.15) is 72.1 Å². The maximum absolute atomic E-state index is 2.35. The molecule has 0 radical (unpaired) electrons. The standard InChI is InChI=1S/C16H30/c1-4-5-6-7-8-9-10-11-12-13-14-15-16(2)3/h8-9,13-14,16H,4-7,10-12,15H2,1-3H3/b9-8+,14-13+. The summed E-state index contributed by atoms with van der Waals surface area (Å²) in [5, 5.41) is 0. The molecule has 0 N–H and O–H groups in total. The molecule has 0 aromatic heterocycles. The summed E-state index contributed by atoms with van der Waals surface area (Å²) < 4.78 is 0. The lowest BCUT2D eigenvalue weighted by molar-refractivity contribution is 0.661. The molecule has 0 rings (SSSR count). The average Bonchev–Trinajstić information content (AvgIpc) is 2.25. The van der Waals surface area contributed by atoms with Crippen molar-refractivity contribution in [2.24, 2.45) is 5.92 Å². The Morgan fingerprint density at radius 2 is 1.31 bits per heavy atom. The third-order valence-corrected chi connectivity index (χ3v) is 2.66. The molecule has 0 aromatic carbocycles. The van der Waals surface area contributed by atoms with Gasteiger partial charge in [0.05, 0.1) is 0 Å². The maximum atomic E-state index is 2.35. The summed E-state index contributed by atoms with van der Waals surface area (Å²) in [7, 11) is 0. The van der Waals surface area contributed by atoms with Gasteiger partial charge >= 0.3 is 0 Å². The van der Waals surface area contributed by atoms with Crippen LogP contribution >= 0.6 is 0 Å². The van der Waals surface area contributed by atoms with Gasteiger partial charge < -0.3 is 0 Å². The normalized spacial score (nSPS) is 12.2. The summed E-state index contributed by atoms with van der Waals surface area (Å²) in [5.41, 5.74) is 0. The fourth-order valence-corrected chi connectivity index (χ4v) is 1.59. The number of allylic oxidation sites excluding steroid dienone is 4. The highest BCUT2D eigenvalue weighted by Crippen LogP contribution is 2.04. The van der Waals surface area contributed by atoms with Crippen molar-refractivity contribution in [3.05, 3.63) is 24.3 Å². The van der Waals surface area contributed by atoms with E-state index in [2.05, 4.69) is 45.1 Å². The highest BCUT2D eigenvalue weighted by Gasteiger charge is 1.87. The van der Waals surface area contributed by atoms with Crippen LogP contribution in [0.15, 0.2) is 24.3 Å². The molecule has 0 bridgehead atoms.